The summed E-state index contributed by atoms with van der Waals surface area (Å²) in [6.07, 6.45) is 0. The lowest BCUT2D eigenvalue weighted by atomic mass is 10.0. The molecule has 0 heterocycles. The molecular weight excluding hydrogens is 282 g/mol. The average molecular weight is 304 g/mol. The zero-order valence-electron chi connectivity index (χ0n) is 12.8. The van der Waals surface area contributed by atoms with E-state index in [1.165, 1.54) is 5.56 Å². The summed E-state index contributed by atoms with van der Waals surface area (Å²) in [5.74, 6) is 0.936. The van der Waals surface area contributed by atoms with Gasteiger partial charge in [-0.15, -0.1) is 0 Å². The van der Waals surface area contributed by atoms with Crippen LogP contribution >= 0.6 is 11.6 Å². The first-order valence-corrected chi connectivity index (χ1v) is 7.73. The van der Waals surface area contributed by atoms with E-state index < -0.39 is 0 Å². The Morgan fingerprint density at radius 2 is 1.52 bits per heavy atom. The first-order valence-electron chi connectivity index (χ1n) is 7.35. The third-order valence-corrected chi connectivity index (χ3v) is 3.90. The Kier molecular flexibility index (Phi) is 5.66. The summed E-state index contributed by atoms with van der Waals surface area (Å²) in [6, 6.07) is 16.4. The molecule has 1 N–H and O–H groups in total. The predicted octanol–water partition coefficient (Wildman–Crippen LogP) is 5.15. The molecule has 0 saturated heterocycles. The minimum absolute atomic E-state index is 0.170. The molecule has 0 saturated carbocycles. The van der Waals surface area contributed by atoms with Gasteiger partial charge in [0.25, 0.3) is 0 Å². The Morgan fingerprint density at radius 1 is 0.952 bits per heavy atom. The van der Waals surface area contributed by atoms with Crippen molar-refractivity contribution in [1.82, 2.24) is 5.32 Å². The molecule has 2 aromatic rings. The first-order chi connectivity index (χ1) is 10.1. The molecule has 2 rings (SSSR count). The Bertz CT molecular complexity index is 585. The third kappa shape index (κ3) is 3.99. The summed E-state index contributed by atoms with van der Waals surface area (Å²) in [5, 5.41) is 4.38. The molecule has 0 amide bonds. The molecule has 2 aromatic carbocycles. The highest BCUT2D eigenvalue weighted by molar-refractivity contribution is 6.31. The van der Waals surface area contributed by atoms with Gasteiger partial charge in [0.2, 0.25) is 0 Å². The van der Waals surface area contributed by atoms with Crippen LogP contribution in [0.25, 0.3) is 0 Å². The highest BCUT2D eigenvalue weighted by Gasteiger charge is 2.16. The summed E-state index contributed by atoms with van der Waals surface area (Å²) in [7, 11) is 0. The molecule has 0 spiro atoms. The van der Waals surface area contributed by atoms with Crippen LogP contribution in [0.4, 0.5) is 0 Å². The van der Waals surface area contributed by atoms with E-state index in [2.05, 4.69) is 31.3 Å². The number of nitrogens with one attached hydrogen (secondary N) is 1. The smallest absolute Gasteiger partial charge is 0.124 e. The van der Waals surface area contributed by atoms with Gasteiger partial charge in [-0.05, 0) is 38.5 Å². The van der Waals surface area contributed by atoms with E-state index in [1.807, 2.05) is 43.3 Å². The van der Waals surface area contributed by atoms with Crippen molar-refractivity contribution in [3.63, 3.8) is 0 Å². The highest BCUT2D eigenvalue weighted by Crippen LogP contribution is 2.29. The lowest BCUT2D eigenvalue weighted by Gasteiger charge is -2.23. The summed E-state index contributed by atoms with van der Waals surface area (Å²) in [4.78, 5) is 0. The van der Waals surface area contributed by atoms with Crippen LogP contribution in [0.1, 0.15) is 44.0 Å². The second kappa shape index (κ2) is 7.48. The van der Waals surface area contributed by atoms with E-state index in [-0.39, 0.29) is 12.1 Å². The normalized spacial score (nSPS) is 13.7. The Labute approximate surface area is 132 Å². The van der Waals surface area contributed by atoms with Crippen molar-refractivity contribution in [2.24, 2.45) is 0 Å². The minimum Gasteiger partial charge on any atom is -0.494 e. The van der Waals surface area contributed by atoms with Gasteiger partial charge >= 0.3 is 0 Å². The molecule has 2 atom stereocenters. The lowest BCUT2D eigenvalue weighted by molar-refractivity contribution is 0.331. The van der Waals surface area contributed by atoms with Crippen molar-refractivity contribution in [1.29, 1.82) is 0 Å². The molecule has 0 radical (unpaired) electrons. The zero-order chi connectivity index (χ0) is 15.2. The number of halogens is 1. The number of hydrogen-bond donors (Lipinski definition) is 1. The van der Waals surface area contributed by atoms with Gasteiger partial charge < -0.3 is 10.1 Å². The van der Waals surface area contributed by atoms with Crippen molar-refractivity contribution in [2.45, 2.75) is 32.9 Å². The van der Waals surface area contributed by atoms with Crippen molar-refractivity contribution in [2.75, 3.05) is 6.61 Å². The van der Waals surface area contributed by atoms with E-state index in [9.17, 15) is 0 Å². The van der Waals surface area contributed by atoms with Gasteiger partial charge in [-0.1, -0.05) is 48.0 Å². The molecule has 0 aliphatic carbocycles. The second-order valence-electron chi connectivity index (χ2n) is 5.10. The van der Waals surface area contributed by atoms with Crippen molar-refractivity contribution < 1.29 is 4.74 Å². The summed E-state index contributed by atoms with van der Waals surface area (Å²) in [6.45, 7) is 6.94. The fraction of sp³-hybridized carbons (Fsp3) is 0.333. The van der Waals surface area contributed by atoms with Gasteiger partial charge in [-0.25, -0.2) is 0 Å². The van der Waals surface area contributed by atoms with Gasteiger partial charge in [-0.3, -0.25) is 0 Å². The van der Waals surface area contributed by atoms with E-state index in [0.29, 0.717) is 6.61 Å². The topological polar surface area (TPSA) is 21.3 Å². The fourth-order valence-corrected chi connectivity index (χ4v) is 2.81. The van der Waals surface area contributed by atoms with Crippen LogP contribution in [0.5, 0.6) is 5.75 Å². The Morgan fingerprint density at radius 3 is 2.19 bits per heavy atom. The van der Waals surface area contributed by atoms with Crippen molar-refractivity contribution >= 4 is 11.6 Å². The van der Waals surface area contributed by atoms with E-state index in [4.69, 9.17) is 16.3 Å². The molecule has 3 heteroatoms. The summed E-state index contributed by atoms with van der Waals surface area (Å²) >= 11 is 6.26. The number of benzene rings is 2. The maximum Gasteiger partial charge on any atom is 0.124 e. The average Bonchev–Trinajstić information content (AvgIpc) is 2.48. The quantitative estimate of drug-likeness (QED) is 0.796. The molecule has 0 bridgehead atoms. The van der Waals surface area contributed by atoms with Gasteiger partial charge in [-0.2, -0.15) is 0 Å². The van der Waals surface area contributed by atoms with Crippen molar-refractivity contribution in [3.8, 4) is 5.75 Å². The molecule has 0 aliphatic rings. The van der Waals surface area contributed by atoms with Gasteiger partial charge in [0.1, 0.15) is 5.75 Å². The van der Waals surface area contributed by atoms with E-state index in [1.54, 1.807) is 0 Å². The molecular formula is C18H22ClNO. The highest BCUT2D eigenvalue weighted by atomic mass is 35.5. The summed E-state index contributed by atoms with van der Waals surface area (Å²) in [5.41, 5.74) is 2.28. The van der Waals surface area contributed by atoms with Crippen LogP contribution in [-0.4, -0.2) is 6.61 Å². The second-order valence-corrected chi connectivity index (χ2v) is 5.51. The first kappa shape index (κ1) is 15.9. The number of hydrogen-bond acceptors (Lipinski definition) is 2. The van der Waals surface area contributed by atoms with Gasteiger partial charge in [0.05, 0.1) is 6.61 Å². The van der Waals surface area contributed by atoms with Gasteiger partial charge in [0, 0.05) is 22.7 Å². The Balaban J connectivity index is 2.14. The van der Waals surface area contributed by atoms with E-state index in [0.717, 1.165) is 16.3 Å². The third-order valence-electron chi connectivity index (χ3n) is 3.56. The van der Waals surface area contributed by atoms with Crippen LogP contribution in [0.15, 0.2) is 48.5 Å². The zero-order valence-corrected chi connectivity index (χ0v) is 13.5. The molecule has 112 valence electrons. The minimum atomic E-state index is 0.170. The standard InChI is InChI=1S/C18H22ClNO/c1-4-21-18-12-8-6-10-16(18)14(3)20-13(2)15-9-5-7-11-17(15)19/h5-14,20H,4H2,1-3H3/t13-,14?/m0/s1. The molecule has 21 heavy (non-hydrogen) atoms. The number of para-hydroxylation sites is 1. The summed E-state index contributed by atoms with van der Waals surface area (Å²) < 4.78 is 5.70. The van der Waals surface area contributed by atoms with Crippen LogP contribution in [0.3, 0.4) is 0 Å². The molecule has 1 unspecified atom stereocenters. The van der Waals surface area contributed by atoms with Crippen LogP contribution in [0, 0.1) is 0 Å². The SMILES string of the molecule is CCOc1ccccc1C(C)N[C@@H](C)c1ccccc1Cl. The lowest BCUT2D eigenvalue weighted by Crippen LogP contribution is -2.23. The Hall–Kier alpha value is -1.51. The fourth-order valence-electron chi connectivity index (χ4n) is 2.51. The van der Waals surface area contributed by atoms with E-state index >= 15 is 0 Å². The van der Waals surface area contributed by atoms with Crippen LogP contribution in [-0.2, 0) is 0 Å². The predicted molar refractivity (Wildman–Crippen MR) is 89.0 cm³/mol. The van der Waals surface area contributed by atoms with Gasteiger partial charge in [0.15, 0.2) is 0 Å². The molecule has 0 fully saturated rings. The molecule has 0 aliphatic heterocycles. The monoisotopic (exact) mass is 303 g/mol. The number of ether oxygens (including phenoxy) is 1. The van der Waals surface area contributed by atoms with Crippen LogP contribution < -0.4 is 10.1 Å². The number of rotatable bonds is 6. The largest absolute Gasteiger partial charge is 0.494 e. The van der Waals surface area contributed by atoms with Crippen molar-refractivity contribution in [3.05, 3.63) is 64.7 Å². The van der Waals surface area contributed by atoms with Crippen LogP contribution in [0.2, 0.25) is 5.02 Å². The molecule has 0 aromatic heterocycles. The molecule has 2 nitrogen and oxygen atoms in total. The maximum absolute atomic E-state index is 6.26. The maximum atomic E-state index is 6.26.